The molecule has 0 aliphatic heterocycles. The maximum absolute atomic E-state index is 13.3. The van der Waals surface area contributed by atoms with Gasteiger partial charge in [0.25, 0.3) is 0 Å². The van der Waals surface area contributed by atoms with Gasteiger partial charge in [-0.05, 0) is 56.3 Å². The molecule has 1 aromatic rings. The highest BCUT2D eigenvalue weighted by Gasteiger charge is 2.09. The molecule has 0 heterocycles. The lowest BCUT2D eigenvalue weighted by molar-refractivity contribution is 0.318. The van der Waals surface area contributed by atoms with E-state index in [4.69, 9.17) is 10.9 Å². The van der Waals surface area contributed by atoms with E-state index in [0.29, 0.717) is 12.1 Å². The fourth-order valence-corrected chi connectivity index (χ4v) is 2.60. The predicted molar refractivity (Wildman–Crippen MR) is 81.8 cm³/mol. The van der Waals surface area contributed by atoms with Crippen molar-refractivity contribution in [1.29, 1.82) is 0 Å². The van der Waals surface area contributed by atoms with Crippen LogP contribution in [0.5, 0.6) is 0 Å². The van der Waals surface area contributed by atoms with Crippen molar-refractivity contribution < 1.29 is 9.60 Å². The summed E-state index contributed by atoms with van der Waals surface area (Å²) in [5.74, 6) is -0.464. The zero-order valence-corrected chi connectivity index (χ0v) is 12.1. The number of nitrogens with one attached hydrogen (secondary N) is 1. The highest BCUT2D eigenvalue weighted by atomic mass is 19.1. The molecule has 0 saturated carbocycles. The summed E-state index contributed by atoms with van der Waals surface area (Å²) in [4.78, 5) is 0. The third kappa shape index (κ3) is 4.56. The minimum absolute atomic E-state index is 0.0683. The largest absolute Gasteiger partial charge is 0.409 e. The number of halogens is 1. The zero-order chi connectivity index (χ0) is 15.1. The number of benzene rings is 1. The van der Waals surface area contributed by atoms with Gasteiger partial charge in [0, 0.05) is 12.1 Å². The van der Waals surface area contributed by atoms with E-state index in [0.717, 1.165) is 18.5 Å². The third-order valence-corrected chi connectivity index (χ3v) is 3.78. The zero-order valence-electron chi connectivity index (χ0n) is 12.1. The van der Waals surface area contributed by atoms with Crippen LogP contribution in [0.1, 0.15) is 43.2 Å². The second kappa shape index (κ2) is 7.78. The molecule has 2 rings (SSSR count). The number of nitrogens with two attached hydrogens (primary N) is 1. The molecule has 21 heavy (non-hydrogen) atoms. The van der Waals surface area contributed by atoms with Crippen LogP contribution < -0.4 is 11.1 Å². The number of oxime groups is 1. The van der Waals surface area contributed by atoms with Crippen LogP contribution in [-0.2, 0) is 6.54 Å². The predicted octanol–water partition coefficient (Wildman–Crippen LogP) is 2.90. The maximum atomic E-state index is 13.3. The average molecular weight is 291 g/mol. The first-order valence-electron chi connectivity index (χ1n) is 7.35. The van der Waals surface area contributed by atoms with E-state index in [9.17, 15) is 4.39 Å². The molecule has 114 valence electrons. The van der Waals surface area contributed by atoms with Crippen molar-refractivity contribution in [2.45, 2.75) is 38.6 Å². The van der Waals surface area contributed by atoms with E-state index in [1.54, 1.807) is 6.07 Å². The molecule has 0 saturated heterocycles. The Morgan fingerprint density at radius 2 is 2.24 bits per heavy atom. The van der Waals surface area contributed by atoms with Gasteiger partial charge in [0.05, 0.1) is 0 Å². The van der Waals surface area contributed by atoms with Crippen LogP contribution in [-0.4, -0.2) is 17.6 Å². The van der Waals surface area contributed by atoms with Crippen LogP contribution >= 0.6 is 0 Å². The molecular weight excluding hydrogens is 269 g/mol. The molecule has 0 amide bonds. The van der Waals surface area contributed by atoms with Crippen molar-refractivity contribution >= 4 is 5.84 Å². The smallest absolute Gasteiger partial charge is 0.170 e. The van der Waals surface area contributed by atoms with E-state index in [2.05, 4.69) is 16.5 Å². The van der Waals surface area contributed by atoms with Gasteiger partial charge in [-0.25, -0.2) is 4.39 Å². The van der Waals surface area contributed by atoms with E-state index in [1.165, 1.54) is 43.4 Å². The summed E-state index contributed by atoms with van der Waals surface area (Å²) in [6.07, 6.45) is 8.37. The van der Waals surface area contributed by atoms with E-state index in [-0.39, 0.29) is 5.84 Å². The Balaban J connectivity index is 1.89. The fourth-order valence-electron chi connectivity index (χ4n) is 2.60. The first kappa shape index (κ1) is 15.5. The first-order valence-corrected chi connectivity index (χ1v) is 7.35. The summed E-state index contributed by atoms with van der Waals surface area (Å²) < 4.78 is 13.3. The lowest BCUT2D eigenvalue weighted by Gasteiger charge is -2.14. The normalized spacial score (nSPS) is 15.9. The summed E-state index contributed by atoms with van der Waals surface area (Å²) in [5.41, 5.74) is 8.36. The lowest BCUT2D eigenvalue weighted by atomic mass is 9.97. The number of amidine groups is 1. The summed E-state index contributed by atoms with van der Waals surface area (Å²) in [7, 11) is 0. The van der Waals surface area contributed by atoms with Crippen molar-refractivity contribution in [3.8, 4) is 0 Å². The van der Waals surface area contributed by atoms with E-state index in [1.807, 2.05) is 0 Å². The molecule has 0 unspecified atom stereocenters. The molecule has 0 atom stereocenters. The van der Waals surface area contributed by atoms with Crippen LogP contribution in [0.25, 0.3) is 0 Å². The molecule has 0 fully saturated rings. The molecule has 4 nitrogen and oxygen atoms in total. The Labute approximate surface area is 124 Å². The van der Waals surface area contributed by atoms with Crippen molar-refractivity contribution in [3.63, 3.8) is 0 Å². The van der Waals surface area contributed by atoms with Gasteiger partial charge < -0.3 is 16.3 Å². The quantitative estimate of drug-likeness (QED) is 0.188. The van der Waals surface area contributed by atoms with Crippen LogP contribution in [0.15, 0.2) is 35.0 Å². The molecule has 4 N–H and O–H groups in total. The van der Waals surface area contributed by atoms with E-state index < -0.39 is 5.82 Å². The highest BCUT2D eigenvalue weighted by molar-refractivity contribution is 5.98. The van der Waals surface area contributed by atoms with Gasteiger partial charge in [-0.1, -0.05) is 22.9 Å². The Bertz CT molecular complexity index is 540. The van der Waals surface area contributed by atoms with Crippen molar-refractivity contribution in [3.05, 3.63) is 46.8 Å². The molecule has 5 heteroatoms. The van der Waals surface area contributed by atoms with Gasteiger partial charge in [-0.15, -0.1) is 0 Å². The number of hydrogen-bond acceptors (Lipinski definition) is 3. The number of hydrogen-bond donors (Lipinski definition) is 3. The Hall–Kier alpha value is -1.88. The van der Waals surface area contributed by atoms with Gasteiger partial charge in [0.1, 0.15) is 5.82 Å². The van der Waals surface area contributed by atoms with Crippen LogP contribution in [0.3, 0.4) is 0 Å². The third-order valence-electron chi connectivity index (χ3n) is 3.78. The van der Waals surface area contributed by atoms with Crippen LogP contribution in [0.4, 0.5) is 4.39 Å². The van der Waals surface area contributed by atoms with Crippen molar-refractivity contribution in [2.75, 3.05) is 6.54 Å². The Morgan fingerprint density at radius 3 is 2.95 bits per heavy atom. The molecule has 0 bridgehead atoms. The molecule has 0 spiro atoms. The number of rotatable bonds is 6. The minimum Gasteiger partial charge on any atom is -0.409 e. The second-order valence-corrected chi connectivity index (χ2v) is 5.32. The van der Waals surface area contributed by atoms with Gasteiger partial charge in [-0.2, -0.15) is 0 Å². The molecular formula is C16H22FN3O. The molecule has 1 aromatic carbocycles. The second-order valence-electron chi connectivity index (χ2n) is 5.32. The van der Waals surface area contributed by atoms with Crippen LogP contribution in [0.2, 0.25) is 0 Å². The van der Waals surface area contributed by atoms with E-state index >= 15 is 0 Å². The Morgan fingerprint density at radius 1 is 1.38 bits per heavy atom. The SMILES string of the molecule is NC(=NO)c1cc(F)ccc1CNCCC1=CCCCC1. The number of allylic oxidation sites excluding steroid dienone is 1. The van der Waals surface area contributed by atoms with Crippen LogP contribution in [0, 0.1) is 5.82 Å². The molecule has 0 aromatic heterocycles. The van der Waals surface area contributed by atoms with Crippen molar-refractivity contribution in [1.82, 2.24) is 5.32 Å². The Kier molecular flexibility index (Phi) is 5.75. The topological polar surface area (TPSA) is 70.6 Å². The van der Waals surface area contributed by atoms with Crippen molar-refractivity contribution in [2.24, 2.45) is 10.9 Å². The van der Waals surface area contributed by atoms with Gasteiger partial charge in [-0.3, -0.25) is 0 Å². The first-order chi connectivity index (χ1) is 10.2. The molecule has 1 aliphatic rings. The highest BCUT2D eigenvalue weighted by Crippen LogP contribution is 2.19. The van der Waals surface area contributed by atoms with Gasteiger partial charge in [0.15, 0.2) is 5.84 Å². The summed E-state index contributed by atoms with van der Waals surface area (Å²) in [5, 5.41) is 15.0. The molecule has 1 aliphatic carbocycles. The minimum atomic E-state index is -0.396. The fraction of sp³-hybridized carbons (Fsp3) is 0.438. The van der Waals surface area contributed by atoms with Gasteiger partial charge in [0.2, 0.25) is 0 Å². The number of nitrogens with zero attached hydrogens (tertiary/aromatic N) is 1. The monoisotopic (exact) mass is 291 g/mol. The lowest BCUT2D eigenvalue weighted by Crippen LogP contribution is -2.21. The molecule has 0 radical (unpaired) electrons. The summed E-state index contributed by atoms with van der Waals surface area (Å²) in [6, 6.07) is 4.33. The average Bonchev–Trinajstić information content (AvgIpc) is 2.53. The summed E-state index contributed by atoms with van der Waals surface area (Å²) in [6.45, 7) is 1.44. The van der Waals surface area contributed by atoms with Gasteiger partial charge >= 0.3 is 0 Å². The standard InChI is InChI=1S/C16H22FN3O/c17-14-7-6-13(15(10-14)16(18)20-21)11-19-9-8-12-4-2-1-3-5-12/h4,6-7,10,19,21H,1-3,5,8-9,11H2,(H2,18,20). The summed E-state index contributed by atoms with van der Waals surface area (Å²) >= 11 is 0. The maximum Gasteiger partial charge on any atom is 0.170 e.